The van der Waals surface area contributed by atoms with Gasteiger partial charge in [-0.3, -0.25) is 28.9 Å². The maximum Gasteiger partial charge on any atom is 0.265 e. The van der Waals surface area contributed by atoms with Gasteiger partial charge in [-0.15, -0.1) is 6.58 Å². The molecular weight excluding hydrogens is 822 g/mol. The number of sulfonamides is 1. The molecule has 2 saturated carbocycles. The van der Waals surface area contributed by atoms with Gasteiger partial charge in [0.25, 0.3) is 11.8 Å². The minimum atomic E-state index is -3.97. The monoisotopic (exact) mass is 870 g/mol. The first-order chi connectivity index (χ1) is 28.3. The van der Waals surface area contributed by atoms with Crippen molar-refractivity contribution in [1.82, 2.24) is 29.8 Å². The highest BCUT2D eigenvalue weighted by Gasteiger charge is 2.62. The predicted octanol–water partition coefficient (Wildman–Crippen LogP) is 5.29. The SMILES string of the molecule is C=C[C@@H]1C[C@]1(NC(=O)[C@@H]1C[C@@H](Oc2cc(-c3ccccn3)nc3c(Cl)c(OC)ccc23)CN1C(=O)C(CC(=O)N1CCCC(F)(F)C1)C(C)(C)C)C(=O)NS(=O)(=O)C1CC1. The molecule has 2 saturated heterocycles. The number of aromatic nitrogens is 2. The Morgan fingerprint density at radius 1 is 1.12 bits per heavy atom. The zero-order valence-corrected chi connectivity index (χ0v) is 35.5. The highest BCUT2D eigenvalue weighted by atomic mass is 35.5. The molecule has 14 nitrogen and oxygen atoms in total. The molecule has 3 aromatic rings. The summed E-state index contributed by atoms with van der Waals surface area (Å²) in [6, 6.07) is 9.11. The van der Waals surface area contributed by atoms with E-state index in [1.54, 1.807) is 63.4 Å². The van der Waals surface area contributed by atoms with Crippen molar-refractivity contribution in [1.29, 1.82) is 0 Å². The Morgan fingerprint density at radius 2 is 1.87 bits per heavy atom. The largest absolute Gasteiger partial charge is 0.495 e. The number of hydrogen-bond acceptors (Lipinski definition) is 10. The molecule has 322 valence electrons. The maximum atomic E-state index is 14.9. The van der Waals surface area contributed by atoms with Crippen LogP contribution in [0.3, 0.4) is 0 Å². The fraction of sp³-hybridized carbons (Fsp3) is 0.524. The molecule has 60 heavy (non-hydrogen) atoms. The van der Waals surface area contributed by atoms with Crippen molar-refractivity contribution >= 4 is 56.2 Å². The van der Waals surface area contributed by atoms with E-state index in [1.165, 1.54) is 18.1 Å². The van der Waals surface area contributed by atoms with Gasteiger partial charge in [-0.25, -0.2) is 22.2 Å². The second-order valence-corrected chi connectivity index (χ2v) is 19.6. The summed E-state index contributed by atoms with van der Waals surface area (Å²) in [5.74, 6) is -6.84. The number of nitrogens with one attached hydrogen (secondary N) is 2. The normalized spacial score (nSPS) is 24.4. The minimum absolute atomic E-state index is 0.0792. The number of nitrogens with zero attached hydrogens (tertiary/aromatic N) is 4. The van der Waals surface area contributed by atoms with Crippen LogP contribution in [-0.2, 0) is 29.2 Å². The van der Waals surface area contributed by atoms with Gasteiger partial charge < -0.3 is 24.6 Å². The van der Waals surface area contributed by atoms with E-state index in [-0.39, 0.29) is 50.2 Å². The number of fused-ring (bicyclic) bond motifs is 1. The number of carbonyl (C=O) groups is 4. The number of halogens is 3. The van der Waals surface area contributed by atoms with E-state index in [0.29, 0.717) is 46.6 Å². The third kappa shape index (κ3) is 8.78. The Kier molecular flexibility index (Phi) is 11.6. The Hall–Kier alpha value is -4.90. The first-order valence-corrected chi connectivity index (χ1v) is 21.9. The molecule has 5 atom stereocenters. The fourth-order valence-electron chi connectivity index (χ4n) is 8.13. The number of benzene rings is 1. The number of amides is 4. The molecule has 2 aromatic heterocycles. The van der Waals surface area contributed by atoms with Crippen molar-refractivity contribution in [3.63, 3.8) is 0 Å². The van der Waals surface area contributed by atoms with Gasteiger partial charge in [0.05, 0.1) is 48.3 Å². The summed E-state index contributed by atoms with van der Waals surface area (Å²) in [6.07, 6.45) is 2.46. The van der Waals surface area contributed by atoms with Gasteiger partial charge in [0.15, 0.2) is 0 Å². The average Bonchev–Trinajstić information content (AvgIpc) is 4.13. The number of likely N-dealkylation sites (tertiary alicyclic amines) is 2. The lowest BCUT2D eigenvalue weighted by molar-refractivity contribution is -0.151. The highest BCUT2D eigenvalue weighted by Crippen LogP contribution is 2.46. The Morgan fingerprint density at radius 3 is 2.48 bits per heavy atom. The van der Waals surface area contributed by atoms with Crippen LogP contribution in [0.15, 0.2) is 55.3 Å². The van der Waals surface area contributed by atoms with Gasteiger partial charge in [-0.2, -0.15) is 0 Å². The molecule has 7 rings (SSSR count). The summed E-state index contributed by atoms with van der Waals surface area (Å²) >= 11 is 6.77. The molecule has 0 radical (unpaired) electrons. The summed E-state index contributed by atoms with van der Waals surface area (Å²) in [7, 11) is -2.49. The first kappa shape index (κ1) is 43.2. The predicted molar refractivity (Wildman–Crippen MR) is 219 cm³/mol. The van der Waals surface area contributed by atoms with Crippen molar-refractivity contribution in [2.75, 3.05) is 26.7 Å². The Labute approximate surface area is 352 Å². The number of ether oxygens (including phenoxy) is 2. The van der Waals surface area contributed by atoms with Crippen LogP contribution < -0.4 is 19.5 Å². The van der Waals surface area contributed by atoms with Crippen LogP contribution in [0.4, 0.5) is 8.78 Å². The van der Waals surface area contributed by atoms with E-state index >= 15 is 0 Å². The lowest BCUT2D eigenvalue weighted by atomic mass is 9.77. The summed E-state index contributed by atoms with van der Waals surface area (Å²) in [5.41, 5.74) is -1.23. The lowest BCUT2D eigenvalue weighted by Crippen LogP contribution is -2.57. The quantitative estimate of drug-likeness (QED) is 0.215. The number of pyridine rings is 2. The van der Waals surface area contributed by atoms with Crippen molar-refractivity contribution in [2.24, 2.45) is 17.3 Å². The molecule has 1 aromatic carbocycles. The van der Waals surface area contributed by atoms with Crippen molar-refractivity contribution in [2.45, 2.75) is 94.6 Å². The molecule has 4 heterocycles. The molecule has 0 bridgehead atoms. The van der Waals surface area contributed by atoms with E-state index < -0.39 is 86.3 Å². The summed E-state index contributed by atoms with van der Waals surface area (Å²) in [6.45, 7) is 8.28. The topological polar surface area (TPSA) is 177 Å². The third-order valence-electron chi connectivity index (χ3n) is 11.9. The minimum Gasteiger partial charge on any atom is -0.495 e. The van der Waals surface area contributed by atoms with Crippen LogP contribution in [0.2, 0.25) is 5.02 Å². The standard InChI is InChI=1S/C42H49ClF2N6O8S/c1-6-24-21-42(24,39(55)49-60(56,57)26-11-12-26)48-37(53)31-18-25(22-51(31)38(54)28(40(2,3)4)19-34(52)50-17-9-15-41(44,45)23-50)59-33-20-30(29-10-7-8-16-46-29)47-36-27(33)13-14-32(58-5)35(36)43/h6-8,10,13-14,16,20,24-26,28,31H,1,9,11-12,15,17-19,21-23H2,2-5H3,(H,48,53)(H,49,55)/t24-,25-,28?,31+,42-/m1/s1. The summed E-state index contributed by atoms with van der Waals surface area (Å²) < 4.78 is 68.7. The van der Waals surface area contributed by atoms with Gasteiger partial charge in [0.1, 0.15) is 34.2 Å². The second kappa shape index (κ2) is 16.2. The van der Waals surface area contributed by atoms with Gasteiger partial charge in [0.2, 0.25) is 27.7 Å². The fourth-order valence-corrected chi connectivity index (χ4v) is 9.78. The molecule has 2 aliphatic heterocycles. The van der Waals surface area contributed by atoms with Crippen molar-refractivity contribution in [3.05, 3.63) is 60.3 Å². The molecule has 1 unspecified atom stereocenters. The number of methoxy groups -OCH3 is 1. The number of piperidine rings is 1. The number of rotatable bonds is 13. The number of alkyl halides is 2. The number of hydrogen-bond donors (Lipinski definition) is 2. The highest BCUT2D eigenvalue weighted by molar-refractivity contribution is 7.91. The van der Waals surface area contributed by atoms with Crippen LogP contribution >= 0.6 is 11.6 Å². The van der Waals surface area contributed by atoms with Gasteiger partial charge in [0, 0.05) is 49.4 Å². The van der Waals surface area contributed by atoms with Crippen LogP contribution in [0.1, 0.15) is 65.7 Å². The van der Waals surface area contributed by atoms with E-state index in [1.807, 2.05) is 0 Å². The van der Waals surface area contributed by atoms with Crippen molar-refractivity contribution in [3.8, 4) is 22.9 Å². The molecule has 0 spiro atoms. The zero-order valence-electron chi connectivity index (χ0n) is 33.9. The second-order valence-electron chi connectivity index (χ2n) is 17.3. The Bertz CT molecular complexity index is 2330. The van der Waals surface area contributed by atoms with Crippen molar-refractivity contribution < 1.29 is 45.9 Å². The van der Waals surface area contributed by atoms with Crippen LogP contribution in [-0.4, -0.2) is 107 Å². The van der Waals surface area contributed by atoms with E-state index in [9.17, 15) is 36.4 Å². The van der Waals surface area contributed by atoms with Crippen LogP contribution in [0, 0.1) is 17.3 Å². The lowest BCUT2D eigenvalue weighted by Gasteiger charge is -2.37. The van der Waals surface area contributed by atoms with E-state index in [0.717, 1.165) is 4.90 Å². The smallest absolute Gasteiger partial charge is 0.265 e. The molecule has 4 aliphatic rings. The molecule has 18 heteroatoms. The molecule has 4 fully saturated rings. The third-order valence-corrected chi connectivity index (χ3v) is 14.0. The zero-order chi connectivity index (χ0) is 43.4. The van der Waals surface area contributed by atoms with Crippen LogP contribution in [0.25, 0.3) is 22.3 Å². The summed E-state index contributed by atoms with van der Waals surface area (Å²) in [4.78, 5) is 68.3. The molecular formula is C42H49ClF2N6O8S. The average molecular weight is 871 g/mol. The van der Waals surface area contributed by atoms with Gasteiger partial charge in [-0.05, 0) is 55.4 Å². The van der Waals surface area contributed by atoms with Crippen LogP contribution in [0.5, 0.6) is 11.5 Å². The molecule has 2 aliphatic carbocycles. The maximum absolute atomic E-state index is 14.9. The molecule has 4 amide bonds. The van der Waals surface area contributed by atoms with Gasteiger partial charge >= 0.3 is 0 Å². The first-order valence-electron chi connectivity index (χ1n) is 20.0. The summed E-state index contributed by atoms with van der Waals surface area (Å²) in [5, 5.41) is 2.80. The van der Waals surface area contributed by atoms with E-state index in [4.69, 9.17) is 26.1 Å². The van der Waals surface area contributed by atoms with Gasteiger partial charge in [-0.1, -0.05) is 44.5 Å². The number of carbonyl (C=O) groups excluding carboxylic acids is 4. The van der Waals surface area contributed by atoms with E-state index in [2.05, 4.69) is 21.6 Å². The molecule has 2 N–H and O–H groups in total. The Balaban J connectivity index is 1.23.